The molecule has 214 valence electrons. The second kappa shape index (κ2) is 9.78. The van der Waals surface area contributed by atoms with Crippen molar-refractivity contribution in [2.45, 2.75) is 24.6 Å². The Kier molecular flexibility index (Phi) is 6.35. The van der Waals surface area contributed by atoms with Gasteiger partial charge in [-0.3, -0.25) is 0 Å². The lowest BCUT2D eigenvalue weighted by Gasteiger charge is -2.21. The highest BCUT2D eigenvalue weighted by atomic mass is 19.3. The van der Waals surface area contributed by atoms with Crippen LogP contribution < -0.4 is 24.3 Å². The zero-order valence-electron chi connectivity index (χ0n) is 20.8. The van der Waals surface area contributed by atoms with Gasteiger partial charge in [0.15, 0.2) is 11.5 Å². The van der Waals surface area contributed by atoms with Crippen molar-refractivity contribution in [1.82, 2.24) is 5.01 Å². The van der Waals surface area contributed by atoms with Gasteiger partial charge in [-0.1, -0.05) is 6.07 Å². The van der Waals surface area contributed by atoms with E-state index in [2.05, 4.69) is 19.9 Å². The molecule has 3 aromatic carbocycles. The number of alkyl halides is 6. The van der Waals surface area contributed by atoms with E-state index in [9.17, 15) is 31.1 Å². The molecule has 2 amide bonds. The molecule has 3 aliphatic rings. The molecule has 3 heterocycles. The number of benzene rings is 3. The lowest BCUT2D eigenvalue weighted by atomic mass is 9.90. The van der Waals surface area contributed by atoms with Crippen molar-refractivity contribution < 1.29 is 50.1 Å². The second-order valence-corrected chi connectivity index (χ2v) is 9.26. The molecule has 6 rings (SSSR count). The number of hydrogen-bond acceptors (Lipinski definition) is 6. The zero-order chi connectivity index (χ0) is 28.9. The number of amides is 2. The Hall–Kier alpha value is -4.62. The summed E-state index contributed by atoms with van der Waals surface area (Å²) in [6, 6.07) is 12.9. The minimum absolute atomic E-state index is 0.00161. The highest BCUT2D eigenvalue weighted by Crippen LogP contribution is 2.53. The topological polar surface area (TPSA) is 81.6 Å². The van der Waals surface area contributed by atoms with Crippen molar-refractivity contribution in [2.24, 2.45) is 5.10 Å². The van der Waals surface area contributed by atoms with Crippen LogP contribution in [0.1, 0.15) is 22.6 Å². The number of urea groups is 1. The number of anilines is 1. The number of fused-ring (bicyclic) bond motifs is 2. The van der Waals surface area contributed by atoms with Gasteiger partial charge in [-0.25, -0.2) is 9.80 Å². The molecule has 3 aliphatic heterocycles. The van der Waals surface area contributed by atoms with Crippen LogP contribution in [0.4, 0.5) is 36.8 Å². The number of hydrazone groups is 1. The highest BCUT2D eigenvalue weighted by Gasteiger charge is 2.66. The molecule has 1 atom stereocenters. The van der Waals surface area contributed by atoms with E-state index in [1.54, 1.807) is 18.2 Å². The summed E-state index contributed by atoms with van der Waals surface area (Å²) < 4.78 is 100. The Labute approximate surface area is 228 Å². The molecular weight excluding hydrogens is 560 g/mol. The molecule has 41 heavy (non-hydrogen) atoms. The number of halogens is 6. The van der Waals surface area contributed by atoms with E-state index < -0.39 is 41.9 Å². The Morgan fingerprint density at radius 1 is 0.951 bits per heavy atom. The maximum absolute atomic E-state index is 14.1. The summed E-state index contributed by atoms with van der Waals surface area (Å²) in [5.74, 6) is -4.84. The predicted molar refractivity (Wildman–Crippen MR) is 131 cm³/mol. The van der Waals surface area contributed by atoms with Crippen molar-refractivity contribution in [3.63, 3.8) is 0 Å². The number of nitrogens with one attached hydrogen (secondary N) is 1. The smallest absolute Gasteiger partial charge is 0.469 e. The molecule has 3 aromatic rings. The van der Waals surface area contributed by atoms with Gasteiger partial charge < -0.3 is 24.3 Å². The van der Waals surface area contributed by atoms with Crippen molar-refractivity contribution in [3.8, 4) is 23.0 Å². The van der Waals surface area contributed by atoms with E-state index >= 15 is 0 Å². The number of ether oxygens (including phenoxy) is 4. The van der Waals surface area contributed by atoms with Crippen LogP contribution in [0.25, 0.3) is 0 Å². The third-order valence-corrected chi connectivity index (χ3v) is 6.67. The fourth-order valence-corrected chi connectivity index (χ4v) is 4.72. The molecule has 8 nitrogen and oxygen atoms in total. The summed E-state index contributed by atoms with van der Waals surface area (Å²) in [7, 11) is 0. The Bertz CT molecular complexity index is 1530. The standard InChI is InChI=1S/C27H19F6N3O5/c28-24(29)40-17-5-1-14(2-6-17)23-18(15-3-7-21-22(11-15)39-10-9-38-21)13-36(35-23)25(37)34-16-4-8-20-19(12-16)26(30,31)27(32,33)41-20/h1-8,11-12,18,24H,9-10,13H2,(H,34,37). The minimum Gasteiger partial charge on any atom is -0.486 e. The fourth-order valence-electron chi connectivity index (χ4n) is 4.72. The third kappa shape index (κ3) is 4.83. The van der Waals surface area contributed by atoms with Crippen LogP contribution >= 0.6 is 0 Å². The number of carbonyl (C=O) groups is 1. The largest absolute Gasteiger partial charge is 0.486 e. The summed E-state index contributed by atoms with van der Waals surface area (Å²) in [6.07, 6.45) is -4.72. The predicted octanol–water partition coefficient (Wildman–Crippen LogP) is 6.17. The number of hydrogen-bond donors (Lipinski definition) is 1. The monoisotopic (exact) mass is 579 g/mol. The number of carbonyl (C=O) groups excluding carboxylic acids is 1. The quantitative estimate of drug-likeness (QED) is 0.366. The van der Waals surface area contributed by atoms with Crippen LogP contribution in [0.3, 0.4) is 0 Å². The van der Waals surface area contributed by atoms with Crippen LogP contribution in [0.2, 0.25) is 0 Å². The molecule has 0 spiro atoms. The van der Waals surface area contributed by atoms with Crippen molar-refractivity contribution >= 4 is 17.4 Å². The van der Waals surface area contributed by atoms with Crippen LogP contribution in [0, 0.1) is 0 Å². The zero-order valence-corrected chi connectivity index (χ0v) is 20.8. The van der Waals surface area contributed by atoms with E-state index in [-0.39, 0.29) is 18.0 Å². The summed E-state index contributed by atoms with van der Waals surface area (Å²) in [4.78, 5) is 13.2. The summed E-state index contributed by atoms with van der Waals surface area (Å²) in [6.45, 7) is -2.27. The van der Waals surface area contributed by atoms with Crippen LogP contribution in [0.5, 0.6) is 23.0 Å². The van der Waals surface area contributed by atoms with E-state index in [1.165, 1.54) is 24.3 Å². The summed E-state index contributed by atoms with van der Waals surface area (Å²) in [5.41, 5.74) is 0.356. The molecule has 0 aromatic heterocycles. The summed E-state index contributed by atoms with van der Waals surface area (Å²) >= 11 is 0. The molecule has 14 heteroatoms. The summed E-state index contributed by atoms with van der Waals surface area (Å²) in [5, 5.41) is 7.88. The van der Waals surface area contributed by atoms with Gasteiger partial charge in [0, 0.05) is 11.6 Å². The van der Waals surface area contributed by atoms with Gasteiger partial charge in [-0.05, 0) is 65.7 Å². The van der Waals surface area contributed by atoms with E-state index in [0.29, 0.717) is 41.6 Å². The molecule has 0 bridgehead atoms. The average Bonchev–Trinajstić information content (AvgIpc) is 3.46. The highest BCUT2D eigenvalue weighted by molar-refractivity contribution is 6.08. The Morgan fingerprint density at radius 3 is 2.39 bits per heavy atom. The molecule has 0 fully saturated rings. The maximum Gasteiger partial charge on any atom is 0.469 e. The molecular formula is C27H19F6N3O5. The van der Waals surface area contributed by atoms with Gasteiger partial charge in [-0.15, -0.1) is 0 Å². The lowest BCUT2D eigenvalue weighted by Crippen LogP contribution is -2.37. The first kappa shape index (κ1) is 26.6. The normalized spacial score (nSPS) is 19.8. The number of rotatable bonds is 5. The van der Waals surface area contributed by atoms with E-state index in [1.807, 2.05) is 0 Å². The molecule has 0 saturated carbocycles. The van der Waals surface area contributed by atoms with Crippen LogP contribution in [-0.2, 0) is 5.92 Å². The van der Waals surface area contributed by atoms with Gasteiger partial charge in [0.1, 0.15) is 24.7 Å². The molecule has 0 aliphatic carbocycles. The maximum atomic E-state index is 14.1. The Balaban J connectivity index is 1.29. The third-order valence-electron chi connectivity index (χ3n) is 6.67. The van der Waals surface area contributed by atoms with Gasteiger partial charge >= 0.3 is 24.7 Å². The SMILES string of the molecule is O=C(Nc1ccc2c(c1)C(F)(F)C(F)(F)O2)N1CC(c2ccc3c(c2)OCCO3)C(c2ccc(OC(F)F)cc2)=N1. The first-order valence-electron chi connectivity index (χ1n) is 12.2. The van der Waals surface area contributed by atoms with E-state index in [4.69, 9.17) is 9.47 Å². The van der Waals surface area contributed by atoms with Gasteiger partial charge in [0.2, 0.25) is 0 Å². The van der Waals surface area contributed by atoms with E-state index in [0.717, 1.165) is 23.2 Å². The molecule has 0 radical (unpaired) electrons. The van der Waals surface area contributed by atoms with Crippen molar-refractivity contribution in [2.75, 3.05) is 25.1 Å². The lowest BCUT2D eigenvalue weighted by molar-refractivity contribution is -0.296. The molecule has 1 N–H and O–H groups in total. The van der Waals surface area contributed by atoms with Gasteiger partial charge in [-0.2, -0.15) is 31.4 Å². The fraction of sp³-hybridized carbons (Fsp3) is 0.259. The average molecular weight is 579 g/mol. The molecule has 1 unspecified atom stereocenters. The van der Waals surface area contributed by atoms with Gasteiger partial charge in [0.05, 0.1) is 17.8 Å². The van der Waals surface area contributed by atoms with Crippen LogP contribution in [-0.4, -0.2) is 49.2 Å². The molecule has 0 saturated heterocycles. The number of nitrogens with zero attached hydrogens (tertiary/aromatic N) is 2. The Morgan fingerprint density at radius 2 is 1.66 bits per heavy atom. The van der Waals surface area contributed by atoms with Crippen LogP contribution in [0.15, 0.2) is 65.8 Å². The van der Waals surface area contributed by atoms with Crippen molar-refractivity contribution in [3.05, 3.63) is 77.4 Å². The van der Waals surface area contributed by atoms with Crippen molar-refractivity contribution in [1.29, 1.82) is 0 Å². The first-order valence-corrected chi connectivity index (χ1v) is 12.2. The second-order valence-electron chi connectivity index (χ2n) is 9.26. The van der Waals surface area contributed by atoms with Gasteiger partial charge in [0.25, 0.3) is 0 Å². The first-order chi connectivity index (χ1) is 19.5. The minimum atomic E-state index is -4.72.